The molecule has 3 heteroatoms. The van der Waals surface area contributed by atoms with Crippen LogP contribution in [-0.2, 0) is 9.53 Å². The lowest BCUT2D eigenvalue weighted by Crippen LogP contribution is -2.26. The van der Waals surface area contributed by atoms with Gasteiger partial charge in [-0.05, 0) is 25.5 Å². The fraction of sp³-hybridized carbons (Fsp3) is 0.500. The number of hydrogen-bond donors (Lipinski definition) is 0. The molecule has 1 aliphatic heterocycles. The van der Waals surface area contributed by atoms with Crippen LogP contribution in [0.2, 0.25) is 0 Å². The molecule has 0 saturated carbocycles. The third-order valence-corrected chi connectivity index (χ3v) is 3.58. The Balaban J connectivity index is 1.99. The molecule has 0 amide bonds. The molecule has 0 N–H and O–H groups in total. The number of carbonyl (C=O) groups is 1. The van der Waals surface area contributed by atoms with Gasteiger partial charge in [0.25, 0.3) is 0 Å². The van der Waals surface area contributed by atoms with E-state index in [1.807, 2.05) is 6.07 Å². The smallest absolute Gasteiger partial charge is 0.310 e. The first-order chi connectivity index (χ1) is 8.22. The highest BCUT2D eigenvalue weighted by Gasteiger charge is 2.31. The molecule has 0 bridgehead atoms. The zero-order chi connectivity index (χ0) is 12.3. The van der Waals surface area contributed by atoms with Crippen molar-refractivity contribution in [3.05, 3.63) is 35.9 Å². The molecule has 17 heavy (non-hydrogen) atoms. The standard InChI is InChI=1S/C14H19NO2/c1-11(12-6-4-3-5-7-12)15-9-8-13(10-15)14(16)17-2/h3-7,11,13H,8-10H2,1-2H3. The van der Waals surface area contributed by atoms with Gasteiger partial charge in [0.15, 0.2) is 0 Å². The monoisotopic (exact) mass is 233 g/mol. The van der Waals surface area contributed by atoms with Crippen LogP contribution >= 0.6 is 0 Å². The van der Waals surface area contributed by atoms with Crippen LogP contribution in [-0.4, -0.2) is 31.1 Å². The van der Waals surface area contributed by atoms with Gasteiger partial charge in [-0.1, -0.05) is 30.3 Å². The fourth-order valence-corrected chi connectivity index (χ4v) is 2.44. The van der Waals surface area contributed by atoms with Crippen molar-refractivity contribution in [1.29, 1.82) is 0 Å². The number of ether oxygens (including phenoxy) is 1. The molecule has 0 aromatic heterocycles. The number of methoxy groups -OCH3 is 1. The maximum Gasteiger partial charge on any atom is 0.310 e. The highest BCUT2D eigenvalue weighted by molar-refractivity contribution is 5.72. The Labute approximate surface area is 102 Å². The van der Waals surface area contributed by atoms with Gasteiger partial charge in [0.1, 0.15) is 0 Å². The Morgan fingerprint density at radius 2 is 2.12 bits per heavy atom. The highest BCUT2D eigenvalue weighted by atomic mass is 16.5. The van der Waals surface area contributed by atoms with E-state index in [2.05, 4.69) is 36.1 Å². The minimum absolute atomic E-state index is 0.0474. The van der Waals surface area contributed by atoms with Crippen LogP contribution in [0.4, 0.5) is 0 Å². The SMILES string of the molecule is COC(=O)C1CCN(C(C)c2ccccc2)C1. The molecule has 1 heterocycles. The molecular weight excluding hydrogens is 214 g/mol. The van der Waals surface area contributed by atoms with Crippen LogP contribution in [0.25, 0.3) is 0 Å². The summed E-state index contributed by atoms with van der Waals surface area (Å²) in [6.07, 6.45) is 0.907. The van der Waals surface area contributed by atoms with Crippen molar-refractivity contribution in [3.8, 4) is 0 Å². The summed E-state index contributed by atoms with van der Waals surface area (Å²) in [4.78, 5) is 13.8. The number of likely N-dealkylation sites (tertiary alicyclic amines) is 1. The summed E-state index contributed by atoms with van der Waals surface area (Å²) >= 11 is 0. The minimum atomic E-state index is -0.0761. The van der Waals surface area contributed by atoms with E-state index < -0.39 is 0 Å². The number of nitrogens with zero attached hydrogens (tertiary/aromatic N) is 1. The Morgan fingerprint density at radius 3 is 2.76 bits per heavy atom. The number of rotatable bonds is 3. The van der Waals surface area contributed by atoms with Crippen molar-refractivity contribution in [2.75, 3.05) is 20.2 Å². The van der Waals surface area contributed by atoms with E-state index in [1.54, 1.807) is 0 Å². The molecule has 2 rings (SSSR count). The molecule has 0 radical (unpaired) electrons. The van der Waals surface area contributed by atoms with E-state index in [1.165, 1.54) is 12.7 Å². The molecular formula is C14H19NO2. The Morgan fingerprint density at radius 1 is 1.41 bits per heavy atom. The van der Waals surface area contributed by atoms with Crippen molar-refractivity contribution >= 4 is 5.97 Å². The van der Waals surface area contributed by atoms with Gasteiger partial charge in [0.2, 0.25) is 0 Å². The molecule has 0 spiro atoms. The molecule has 2 unspecified atom stereocenters. The van der Waals surface area contributed by atoms with Crippen LogP contribution in [0, 0.1) is 5.92 Å². The summed E-state index contributed by atoms with van der Waals surface area (Å²) in [5, 5.41) is 0. The third kappa shape index (κ3) is 2.67. The topological polar surface area (TPSA) is 29.5 Å². The van der Waals surface area contributed by atoms with E-state index in [0.717, 1.165) is 19.5 Å². The predicted octanol–water partition coefficient (Wildman–Crippen LogP) is 2.24. The zero-order valence-corrected chi connectivity index (χ0v) is 10.4. The highest BCUT2D eigenvalue weighted by Crippen LogP contribution is 2.27. The van der Waals surface area contributed by atoms with Crippen molar-refractivity contribution in [2.24, 2.45) is 5.92 Å². The van der Waals surface area contributed by atoms with Gasteiger partial charge in [-0.25, -0.2) is 0 Å². The molecule has 1 aliphatic rings. The quantitative estimate of drug-likeness (QED) is 0.750. The normalized spacial score (nSPS) is 22.4. The van der Waals surface area contributed by atoms with Gasteiger partial charge in [0, 0.05) is 12.6 Å². The summed E-state index contributed by atoms with van der Waals surface area (Å²) < 4.78 is 4.80. The number of esters is 1. The first-order valence-electron chi connectivity index (χ1n) is 6.09. The Bertz CT molecular complexity index is 377. The minimum Gasteiger partial charge on any atom is -0.469 e. The van der Waals surface area contributed by atoms with E-state index in [0.29, 0.717) is 6.04 Å². The zero-order valence-electron chi connectivity index (χ0n) is 10.4. The van der Waals surface area contributed by atoms with E-state index >= 15 is 0 Å². The average Bonchev–Trinajstić information content (AvgIpc) is 2.87. The van der Waals surface area contributed by atoms with E-state index in [4.69, 9.17) is 4.74 Å². The number of carbonyl (C=O) groups excluding carboxylic acids is 1. The second kappa shape index (κ2) is 5.32. The summed E-state index contributed by atoms with van der Waals surface area (Å²) in [6, 6.07) is 10.8. The largest absolute Gasteiger partial charge is 0.469 e. The molecule has 2 atom stereocenters. The summed E-state index contributed by atoms with van der Waals surface area (Å²) in [7, 11) is 1.46. The first-order valence-corrected chi connectivity index (χ1v) is 6.09. The van der Waals surface area contributed by atoms with Gasteiger partial charge in [-0.2, -0.15) is 0 Å². The summed E-state index contributed by atoms with van der Waals surface area (Å²) in [5.74, 6) is -0.0288. The van der Waals surface area contributed by atoms with Gasteiger partial charge in [-0.3, -0.25) is 9.69 Å². The van der Waals surface area contributed by atoms with Crippen LogP contribution in [0.5, 0.6) is 0 Å². The number of hydrogen-bond acceptors (Lipinski definition) is 3. The molecule has 1 saturated heterocycles. The maximum absolute atomic E-state index is 11.5. The van der Waals surface area contributed by atoms with Crippen molar-refractivity contribution in [1.82, 2.24) is 4.90 Å². The molecule has 1 aromatic rings. The van der Waals surface area contributed by atoms with E-state index in [-0.39, 0.29) is 11.9 Å². The second-order valence-corrected chi connectivity index (χ2v) is 4.59. The van der Waals surface area contributed by atoms with Crippen LogP contribution in [0.3, 0.4) is 0 Å². The third-order valence-electron chi connectivity index (χ3n) is 3.58. The van der Waals surface area contributed by atoms with E-state index in [9.17, 15) is 4.79 Å². The number of benzene rings is 1. The Kier molecular flexibility index (Phi) is 3.79. The molecule has 0 aliphatic carbocycles. The van der Waals surface area contributed by atoms with Crippen LogP contribution in [0.15, 0.2) is 30.3 Å². The van der Waals surface area contributed by atoms with Gasteiger partial charge in [-0.15, -0.1) is 0 Å². The van der Waals surface area contributed by atoms with Gasteiger partial charge >= 0.3 is 5.97 Å². The molecule has 1 aromatic carbocycles. The molecule has 92 valence electrons. The lowest BCUT2D eigenvalue weighted by Gasteiger charge is -2.24. The maximum atomic E-state index is 11.5. The Hall–Kier alpha value is -1.35. The fourth-order valence-electron chi connectivity index (χ4n) is 2.44. The predicted molar refractivity (Wildman–Crippen MR) is 66.6 cm³/mol. The van der Waals surface area contributed by atoms with Crippen molar-refractivity contribution in [3.63, 3.8) is 0 Å². The summed E-state index contributed by atoms with van der Waals surface area (Å²) in [5.41, 5.74) is 1.30. The molecule has 1 fully saturated rings. The van der Waals surface area contributed by atoms with Gasteiger partial charge in [0.05, 0.1) is 13.0 Å². The molecule has 3 nitrogen and oxygen atoms in total. The van der Waals surface area contributed by atoms with Crippen molar-refractivity contribution in [2.45, 2.75) is 19.4 Å². The summed E-state index contributed by atoms with van der Waals surface area (Å²) in [6.45, 7) is 3.97. The first kappa shape index (κ1) is 12.1. The average molecular weight is 233 g/mol. The lowest BCUT2D eigenvalue weighted by molar-refractivity contribution is -0.145. The second-order valence-electron chi connectivity index (χ2n) is 4.59. The lowest BCUT2D eigenvalue weighted by atomic mass is 10.1. The van der Waals surface area contributed by atoms with Gasteiger partial charge < -0.3 is 4.74 Å². The van der Waals surface area contributed by atoms with Crippen LogP contribution in [0.1, 0.15) is 24.9 Å². The van der Waals surface area contributed by atoms with Crippen molar-refractivity contribution < 1.29 is 9.53 Å². The van der Waals surface area contributed by atoms with Crippen LogP contribution < -0.4 is 0 Å².